The third-order valence-electron chi connectivity index (χ3n) is 2.40. The average molecular weight is 255 g/mol. The zero-order valence-electron chi connectivity index (χ0n) is 10.5. The minimum Gasteiger partial charge on any atom is -0.457 e. The number of pyridine rings is 1. The van der Waals surface area contributed by atoms with Crippen LogP contribution in [0.5, 0.6) is 0 Å². The van der Waals surface area contributed by atoms with Gasteiger partial charge in [0, 0.05) is 18.8 Å². The van der Waals surface area contributed by atoms with E-state index in [9.17, 15) is 4.79 Å². The first-order chi connectivity index (χ1) is 9.20. The van der Waals surface area contributed by atoms with Crippen LogP contribution in [0.4, 0.5) is 0 Å². The fourth-order valence-corrected chi connectivity index (χ4v) is 1.52. The van der Waals surface area contributed by atoms with E-state index in [-0.39, 0.29) is 11.8 Å². The van der Waals surface area contributed by atoms with Crippen LogP contribution in [0.1, 0.15) is 23.8 Å². The van der Waals surface area contributed by atoms with Crippen molar-refractivity contribution in [1.82, 2.24) is 14.8 Å². The molecule has 0 aliphatic carbocycles. The van der Waals surface area contributed by atoms with Crippen LogP contribution < -0.4 is 0 Å². The number of hydrogen-bond acceptors (Lipinski definition) is 4. The first-order valence-corrected chi connectivity index (χ1v) is 5.82. The first kappa shape index (κ1) is 12.8. The fourth-order valence-electron chi connectivity index (χ4n) is 1.52. The highest BCUT2D eigenvalue weighted by molar-refractivity contribution is 5.87. The third-order valence-corrected chi connectivity index (χ3v) is 2.40. The van der Waals surface area contributed by atoms with Crippen LogP contribution in [0.15, 0.2) is 36.7 Å². The van der Waals surface area contributed by atoms with E-state index in [1.165, 1.54) is 0 Å². The molecule has 1 atom stereocenters. The van der Waals surface area contributed by atoms with Gasteiger partial charge in [-0.3, -0.25) is 0 Å². The molecule has 0 amide bonds. The van der Waals surface area contributed by atoms with Gasteiger partial charge in [0.2, 0.25) is 0 Å². The molecule has 0 saturated carbocycles. The summed E-state index contributed by atoms with van der Waals surface area (Å²) in [4.78, 5) is 16.1. The van der Waals surface area contributed by atoms with Crippen molar-refractivity contribution in [3.63, 3.8) is 0 Å². The van der Waals surface area contributed by atoms with Crippen molar-refractivity contribution in [1.29, 1.82) is 0 Å². The van der Waals surface area contributed by atoms with Crippen LogP contribution in [-0.2, 0) is 4.74 Å². The molecule has 0 N–H and O–H groups in total. The summed E-state index contributed by atoms with van der Waals surface area (Å²) < 4.78 is 6.75. The van der Waals surface area contributed by atoms with Gasteiger partial charge < -0.3 is 4.74 Å². The van der Waals surface area contributed by atoms with Crippen LogP contribution >= 0.6 is 0 Å². The van der Waals surface area contributed by atoms with Crippen LogP contribution in [0, 0.1) is 12.3 Å². The van der Waals surface area contributed by atoms with Crippen LogP contribution in [0.3, 0.4) is 0 Å². The number of ether oxygens (including phenoxy) is 1. The normalized spacial score (nSPS) is 11.6. The lowest BCUT2D eigenvalue weighted by Crippen LogP contribution is -2.16. The molecule has 2 aromatic rings. The molecule has 2 rings (SSSR count). The van der Waals surface area contributed by atoms with E-state index in [2.05, 4.69) is 16.0 Å². The summed E-state index contributed by atoms with van der Waals surface area (Å²) in [7, 11) is 0. The SMILES string of the molecule is C#CC[C@@H](C)OC(=O)c1cccc(-n2cccn2)n1. The molecule has 0 aliphatic heterocycles. The monoisotopic (exact) mass is 255 g/mol. The summed E-state index contributed by atoms with van der Waals surface area (Å²) >= 11 is 0. The predicted octanol–water partition coefficient (Wildman–Crippen LogP) is 1.84. The zero-order chi connectivity index (χ0) is 13.7. The van der Waals surface area contributed by atoms with Crippen LogP contribution in [-0.4, -0.2) is 26.8 Å². The number of carbonyl (C=O) groups is 1. The number of nitrogens with zero attached hydrogens (tertiary/aromatic N) is 3. The van der Waals surface area contributed by atoms with E-state index >= 15 is 0 Å². The smallest absolute Gasteiger partial charge is 0.357 e. The molecular weight excluding hydrogens is 242 g/mol. The first-order valence-electron chi connectivity index (χ1n) is 5.82. The second-order valence-corrected chi connectivity index (χ2v) is 3.96. The maximum absolute atomic E-state index is 11.9. The molecule has 0 unspecified atom stereocenters. The molecule has 5 nitrogen and oxygen atoms in total. The van der Waals surface area contributed by atoms with Gasteiger partial charge in [-0.25, -0.2) is 14.5 Å². The van der Waals surface area contributed by atoms with E-state index < -0.39 is 5.97 Å². The molecule has 2 aromatic heterocycles. The molecule has 5 heteroatoms. The van der Waals surface area contributed by atoms with Crippen molar-refractivity contribution in [3.05, 3.63) is 42.4 Å². The quantitative estimate of drug-likeness (QED) is 0.618. The van der Waals surface area contributed by atoms with Crippen LogP contribution in [0.2, 0.25) is 0 Å². The maximum Gasteiger partial charge on any atom is 0.357 e. The summed E-state index contributed by atoms with van der Waals surface area (Å²) in [5.74, 6) is 2.52. The molecule has 0 spiro atoms. The lowest BCUT2D eigenvalue weighted by Gasteiger charge is -2.10. The number of terminal acetylenes is 1. The predicted molar refractivity (Wildman–Crippen MR) is 69.7 cm³/mol. The van der Waals surface area contributed by atoms with Crippen molar-refractivity contribution in [3.8, 4) is 18.2 Å². The number of rotatable bonds is 4. The van der Waals surface area contributed by atoms with E-state index in [1.54, 1.807) is 48.3 Å². The molecule has 0 radical (unpaired) electrons. The lowest BCUT2D eigenvalue weighted by atomic mass is 10.3. The minimum absolute atomic E-state index is 0.233. The number of hydrogen-bond donors (Lipinski definition) is 0. The van der Waals surface area contributed by atoms with Gasteiger partial charge in [0.1, 0.15) is 6.10 Å². The minimum atomic E-state index is -0.489. The highest BCUT2D eigenvalue weighted by atomic mass is 16.5. The Morgan fingerprint density at radius 3 is 3.05 bits per heavy atom. The van der Waals surface area contributed by atoms with Gasteiger partial charge in [-0.05, 0) is 25.1 Å². The molecule has 19 heavy (non-hydrogen) atoms. The van der Waals surface area contributed by atoms with Gasteiger partial charge in [-0.1, -0.05) is 6.07 Å². The van der Waals surface area contributed by atoms with Gasteiger partial charge in [0.05, 0.1) is 0 Å². The zero-order valence-corrected chi connectivity index (χ0v) is 10.5. The van der Waals surface area contributed by atoms with E-state index in [1.807, 2.05) is 0 Å². The Morgan fingerprint density at radius 2 is 2.37 bits per heavy atom. The summed E-state index contributed by atoms with van der Waals surface area (Å²) in [6.45, 7) is 1.75. The summed E-state index contributed by atoms with van der Waals surface area (Å²) in [5, 5.41) is 4.05. The average Bonchev–Trinajstić information content (AvgIpc) is 2.93. The Kier molecular flexibility index (Phi) is 3.94. The molecular formula is C14H13N3O2. The molecule has 0 saturated heterocycles. The Bertz CT molecular complexity index is 599. The van der Waals surface area contributed by atoms with Gasteiger partial charge in [-0.15, -0.1) is 12.3 Å². The fraction of sp³-hybridized carbons (Fsp3) is 0.214. The highest BCUT2D eigenvalue weighted by Crippen LogP contribution is 2.07. The number of aromatic nitrogens is 3. The number of esters is 1. The van der Waals surface area contributed by atoms with E-state index in [0.717, 1.165) is 0 Å². The Labute approximate surface area is 111 Å². The Morgan fingerprint density at radius 1 is 1.53 bits per heavy atom. The highest BCUT2D eigenvalue weighted by Gasteiger charge is 2.13. The Balaban J connectivity index is 2.15. The van der Waals surface area contributed by atoms with Crippen molar-refractivity contribution in [2.75, 3.05) is 0 Å². The van der Waals surface area contributed by atoms with Crippen molar-refractivity contribution >= 4 is 5.97 Å². The van der Waals surface area contributed by atoms with Gasteiger partial charge in [-0.2, -0.15) is 5.10 Å². The van der Waals surface area contributed by atoms with Gasteiger partial charge in [0.15, 0.2) is 11.5 Å². The Hall–Kier alpha value is -2.61. The summed E-state index contributed by atoms with van der Waals surface area (Å²) in [6.07, 6.45) is 8.61. The standard InChI is InChI=1S/C14H13N3O2/c1-3-6-11(2)19-14(18)12-7-4-8-13(16-12)17-10-5-9-15-17/h1,4-5,7-11H,6H2,2H3/t11-/m1/s1. The van der Waals surface area contributed by atoms with Crippen LogP contribution in [0.25, 0.3) is 5.82 Å². The van der Waals surface area contributed by atoms with Crippen molar-refractivity contribution in [2.45, 2.75) is 19.4 Å². The lowest BCUT2D eigenvalue weighted by molar-refractivity contribution is 0.0345. The molecule has 0 bridgehead atoms. The molecule has 2 heterocycles. The molecule has 96 valence electrons. The van der Waals surface area contributed by atoms with Gasteiger partial charge in [0.25, 0.3) is 0 Å². The summed E-state index contributed by atoms with van der Waals surface area (Å²) in [6, 6.07) is 6.86. The van der Waals surface area contributed by atoms with Gasteiger partial charge >= 0.3 is 5.97 Å². The number of carbonyl (C=O) groups excluding carboxylic acids is 1. The van der Waals surface area contributed by atoms with E-state index in [4.69, 9.17) is 11.2 Å². The molecule has 0 aromatic carbocycles. The summed E-state index contributed by atoms with van der Waals surface area (Å²) in [5.41, 5.74) is 0.233. The van der Waals surface area contributed by atoms with E-state index in [0.29, 0.717) is 12.2 Å². The molecule has 0 aliphatic rings. The second-order valence-electron chi connectivity index (χ2n) is 3.96. The second kappa shape index (κ2) is 5.83. The topological polar surface area (TPSA) is 57.0 Å². The van der Waals surface area contributed by atoms with Crippen molar-refractivity contribution in [2.24, 2.45) is 0 Å². The maximum atomic E-state index is 11.9. The third kappa shape index (κ3) is 3.19. The largest absolute Gasteiger partial charge is 0.457 e. The van der Waals surface area contributed by atoms with Crippen molar-refractivity contribution < 1.29 is 9.53 Å². The molecule has 0 fully saturated rings.